The molecule has 2 aromatic rings. The third-order valence-corrected chi connectivity index (χ3v) is 2.97. The minimum atomic E-state index is -0.548. The number of benzene rings is 1. The summed E-state index contributed by atoms with van der Waals surface area (Å²) in [5, 5.41) is 4.13. The number of nitrogens with two attached hydrogens (primary N) is 1. The molecular formula is C12H12BrN3O2. The zero-order valence-electron chi connectivity index (χ0n) is 9.98. The minimum Gasteiger partial charge on any atom is -0.438 e. The Balaban J connectivity index is 2.39. The Kier molecular flexibility index (Phi) is 3.38. The van der Waals surface area contributed by atoms with Crippen LogP contribution in [0.15, 0.2) is 28.7 Å². The maximum Gasteiger partial charge on any atom is 0.256 e. The molecule has 0 fully saturated rings. The lowest BCUT2D eigenvalue weighted by Crippen LogP contribution is -2.13. The molecule has 0 saturated carbocycles. The molecular weight excluding hydrogens is 298 g/mol. The topological polar surface area (TPSA) is 70.1 Å². The van der Waals surface area contributed by atoms with Crippen molar-refractivity contribution in [2.75, 3.05) is 0 Å². The van der Waals surface area contributed by atoms with Crippen molar-refractivity contribution in [3.8, 4) is 11.6 Å². The quantitative estimate of drug-likeness (QED) is 0.946. The van der Waals surface area contributed by atoms with E-state index in [1.165, 1.54) is 4.68 Å². The summed E-state index contributed by atoms with van der Waals surface area (Å²) in [7, 11) is 1.70. The second kappa shape index (κ2) is 4.81. The molecule has 0 aliphatic rings. The summed E-state index contributed by atoms with van der Waals surface area (Å²) in [6.07, 6.45) is 0. The molecule has 1 aromatic heterocycles. The largest absolute Gasteiger partial charge is 0.438 e. The van der Waals surface area contributed by atoms with Crippen LogP contribution in [0.5, 0.6) is 11.6 Å². The molecule has 0 saturated heterocycles. The molecule has 2 N–H and O–H groups in total. The Bertz CT molecular complexity index is 590. The Morgan fingerprint density at radius 2 is 2.00 bits per heavy atom. The average Bonchev–Trinajstić information content (AvgIpc) is 2.57. The SMILES string of the molecule is Cc1nn(C)c(Oc2ccc(Br)cc2)c1C(N)=O. The smallest absolute Gasteiger partial charge is 0.256 e. The van der Waals surface area contributed by atoms with E-state index in [0.29, 0.717) is 22.9 Å². The number of carbonyl (C=O) groups excluding carboxylic acids is 1. The fraction of sp³-hybridized carbons (Fsp3) is 0.167. The van der Waals surface area contributed by atoms with E-state index in [-0.39, 0.29) is 0 Å². The van der Waals surface area contributed by atoms with E-state index in [4.69, 9.17) is 10.5 Å². The number of ether oxygens (including phenoxy) is 1. The molecule has 0 aliphatic heterocycles. The second-order valence-corrected chi connectivity index (χ2v) is 4.73. The normalized spacial score (nSPS) is 10.4. The van der Waals surface area contributed by atoms with E-state index in [9.17, 15) is 4.79 Å². The standard InChI is InChI=1S/C12H12BrN3O2/c1-7-10(11(14)17)12(16(2)15-7)18-9-5-3-8(13)4-6-9/h3-6H,1-2H3,(H2,14,17). The van der Waals surface area contributed by atoms with Gasteiger partial charge in [0, 0.05) is 11.5 Å². The first-order valence-electron chi connectivity index (χ1n) is 5.26. The van der Waals surface area contributed by atoms with E-state index in [1.54, 1.807) is 26.1 Å². The van der Waals surface area contributed by atoms with Gasteiger partial charge in [-0.05, 0) is 31.2 Å². The first-order chi connectivity index (χ1) is 8.49. The van der Waals surface area contributed by atoms with Crippen LogP contribution >= 0.6 is 15.9 Å². The number of aromatic nitrogens is 2. The molecule has 0 radical (unpaired) electrons. The van der Waals surface area contributed by atoms with E-state index < -0.39 is 5.91 Å². The highest BCUT2D eigenvalue weighted by atomic mass is 79.9. The van der Waals surface area contributed by atoms with Crippen LogP contribution in [-0.2, 0) is 7.05 Å². The van der Waals surface area contributed by atoms with Gasteiger partial charge in [-0.1, -0.05) is 15.9 Å². The summed E-state index contributed by atoms with van der Waals surface area (Å²) in [6.45, 7) is 1.72. The summed E-state index contributed by atoms with van der Waals surface area (Å²) in [5.74, 6) is 0.415. The number of aryl methyl sites for hydroxylation is 2. The highest BCUT2D eigenvalue weighted by Gasteiger charge is 2.19. The van der Waals surface area contributed by atoms with Crippen molar-refractivity contribution in [2.45, 2.75) is 6.92 Å². The van der Waals surface area contributed by atoms with Crippen molar-refractivity contribution >= 4 is 21.8 Å². The van der Waals surface area contributed by atoms with Crippen molar-refractivity contribution in [2.24, 2.45) is 12.8 Å². The number of halogens is 1. The summed E-state index contributed by atoms with van der Waals surface area (Å²) < 4.78 is 8.10. The van der Waals surface area contributed by atoms with Gasteiger partial charge in [0.2, 0.25) is 5.88 Å². The highest BCUT2D eigenvalue weighted by Crippen LogP contribution is 2.27. The lowest BCUT2D eigenvalue weighted by Gasteiger charge is -2.07. The Morgan fingerprint density at radius 1 is 1.39 bits per heavy atom. The van der Waals surface area contributed by atoms with Crippen LogP contribution in [0.1, 0.15) is 16.1 Å². The van der Waals surface area contributed by atoms with Gasteiger partial charge in [-0.15, -0.1) is 0 Å². The Labute approximate surface area is 113 Å². The molecule has 0 spiro atoms. The molecule has 6 heteroatoms. The summed E-state index contributed by atoms with van der Waals surface area (Å²) in [4.78, 5) is 11.4. The van der Waals surface area contributed by atoms with Gasteiger partial charge in [-0.2, -0.15) is 5.10 Å². The van der Waals surface area contributed by atoms with Crippen LogP contribution in [-0.4, -0.2) is 15.7 Å². The van der Waals surface area contributed by atoms with E-state index >= 15 is 0 Å². The number of primary amides is 1. The zero-order chi connectivity index (χ0) is 13.3. The van der Waals surface area contributed by atoms with Crippen LogP contribution in [0.2, 0.25) is 0 Å². The number of rotatable bonds is 3. The Morgan fingerprint density at radius 3 is 2.56 bits per heavy atom. The molecule has 1 amide bonds. The van der Waals surface area contributed by atoms with E-state index in [1.807, 2.05) is 12.1 Å². The number of hydrogen-bond acceptors (Lipinski definition) is 3. The van der Waals surface area contributed by atoms with Gasteiger partial charge < -0.3 is 10.5 Å². The van der Waals surface area contributed by atoms with Crippen LogP contribution in [0, 0.1) is 6.92 Å². The van der Waals surface area contributed by atoms with Crippen molar-refractivity contribution in [1.29, 1.82) is 0 Å². The lowest BCUT2D eigenvalue weighted by atomic mass is 10.2. The van der Waals surface area contributed by atoms with Gasteiger partial charge in [-0.25, -0.2) is 4.68 Å². The zero-order valence-corrected chi connectivity index (χ0v) is 11.6. The molecule has 18 heavy (non-hydrogen) atoms. The average molecular weight is 310 g/mol. The summed E-state index contributed by atoms with van der Waals surface area (Å²) in [5.41, 5.74) is 6.19. The third-order valence-electron chi connectivity index (χ3n) is 2.44. The van der Waals surface area contributed by atoms with Crippen molar-refractivity contribution < 1.29 is 9.53 Å². The molecule has 5 nitrogen and oxygen atoms in total. The van der Waals surface area contributed by atoms with Gasteiger partial charge >= 0.3 is 0 Å². The van der Waals surface area contributed by atoms with Gasteiger partial charge in [0.25, 0.3) is 5.91 Å². The third kappa shape index (κ3) is 2.38. The molecule has 1 aromatic carbocycles. The predicted molar refractivity (Wildman–Crippen MR) is 70.7 cm³/mol. The predicted octanol–water partition coefficient (Wildman–Crippen LogP) is 2.38. The van der Waals surface area contributed by atoms with Crippen LogP contribution in [0.25, 0.3) is 0 Å². The Hall–Kier alpha value is -1.82. The van der Waals surface area contributed by atoms with Crippen LogP contribution in [0.3, 0.4) is 0 Å². The van der Waals surface area contributed by atoms with Crippen molar-refractivity contribution in [3.63, 3.8) is 0 Å². The fourth-order valence-corrected chi connectivity index (χ4v) is 1.92. The van der Waals surface area contributed by atoms with Gasteiger partial charge in [0.05, 0.1) is 5.69 Å². The van der Waals surface area contributed by atoms with Crippen LogP contribution < -0.4 is 10.5 Å². The number of nitrogens with zero attached hydrogens (tertiary/aromatic N) is 2. The molecule has 1 heterocycles. The molecule has 0 aliphatic carbocycles. The monoisotopic (exact) mass is 309 g/mol. The lowest BCUT2D eigenvalue weighted by molar-refractivity contribution is 0.0997. The van der Waals surface area contributed by atoms with Gasteiger partial charge in [-0.3, -0.25) is 4.79 Å². The highest BCUT2D eigenvalue weighted by molar-refractivity contribution is 9.10. The molecule has 0 unspecified atom stereocenters. The molecule has 2 rings (SSSR count). The molecule has 94 valence electrons. The van der Waals surface area contributed by atoms with E-state index in [0.717, 1.165) is 4.47 Å². The molecule has 0 bridgehead atoms. The number of amides is 1. The fourth-order valence-electron chi connectivity index (χ4n) is 1.65. The first kappa shape index (κ1) is 12.6. The maximum absolute atomic E-state index is 11.4. The maximum atomic E-state index is 11.4. The van der Waals surface area contributed by atoms with Crippen LogP contribution in [0.4, 0.5) is 0 Å². The number of hydrogen-bond donors (Lipinski definition) is 1. The van der Waals surface area contributed by atoms with Crippen molar-refractivity contribution in [3.05, 3.63) is 40.0 Å². The van der Waals surface area contributed by atoms with Crippen molar-refractivity contribution in [1.82, 2.24) is 9.78 Å². The van der Waals surface area contributed by atoms with E-state index in [2.05, 4.69) is 21.0 Å². The first-order valence-corrected chi connectivity index (χ1v) is 6.05. The minimum absolute atomic E-state index is 0.306. The number of carbonyl (C=O) groups is 1. The second-order valence-electron chi connectivity index (χ2n) is 3.81. The van der Waals surface area contributed by atoms with Gasteiger partial charge in [0.1, 0.15) is 11.3 Å². The summed E-state index contributed by atoms with van der Waals surface area (Å²) >= 11 is 3.34. The van der Waals surface area contributed by atoms with Gasteiger partial charge in [0.15, 0.2) is 0 Å². The molecule has 0 atom stereocenters. The summed E-state index contributed by atoms with van der Waals surface area (Å²) in [6, 6.07) is 7.28.